The number of hydrogen-bond donors (Lipinski definition) is 1. The zero-order chi connectivity index (χ0) is 14.3. The van der Waals surface area contributed by atoms with E-state index in [9.17, 15) is 8.42 Å². The lowest BCUT2D eigenvalue weighted by Crippen LogP contribution is -2.50. The number of nitrogens with two attached hydrogens (primary N) is 1. The number of ether oxygens (including phenoxy) is 1. The van der Waals surface area contributed by atoms with Crippen molar-refractivity contribution in [1.29, 1.82) is 0 Å². The first-order valence-corrected chi connectivity index (χ1v) is 8.40. The number of nitrogens with zero attached hydrogens (tertiary/aromatic N) is 1. The molecule has 2 aliphatic rings. The summed E-state index contributed by atoms with van der Waals surface area (Å²) in [6.45, 7) is 0. The molecule has 5 nitrogen and oxygen atoms in total. The van der Waals surface area contributed by atoms with Crippen LogP contribution in [0, 0.1) is 0 Å². The molecule has 0 aromatic heterocycles. The van der Waals surface area contributed by atoms with E-state index < -0.39 is 10.0 Å². The standard InChI is InChI=1S/C14H20N2O3S/c1-19-13-4-2-3-5-14(13)20(17,18)16-11-6-7-12(16)9-10(15)8-11/h2-5,10-12H,6-9,15H2,1H3. The van der Waals surface area contributed by atoms with Gasteiger partial charge in [-0.25, -0.2) is 8.42 Å². The Labute approximate surface area is 119 Å². The van der Waals surface area contributed by atoms with Gasteiger partial charge in [0.1, 0.15) is 10.6 Å². The molecule has 3 rings (SSSR count). The van der Waals surface area contributed by atoms with Crippen LogP contribution in [0.25, 0.3) is 0 Å². The maximum atomic E-state index is 12.9. The zero-order valence-electron chi connectivity index (χ0n) is 11.5. The Balaban J connectivity index is 2.01. The SMILES string of the molecule is COc1ccccc1S(=O)(=O)N1C2CCC1CC(N)C2. The second-order valence-corrected chi connectivity index (χ2v) is 7.41. The molecular formula is C14H20N2O3S. The van der Waals surface area contributed by atoms with Gasteiger partial charge >= 0.3 is 0 Å². The summed E-state index contributed by atoms with van der Waals surface area (Å²) in [6, 6.07) is 7.01. The molecule has 2 saturated heterocycles. The number of para-hydroxylation sites is 1. The van der Waals surface area contributed by atoms with Crippen molar-refractivity contribution < 1.29 is 13.2 Å². The Morgan fingerprint density at radius 2 is 1.80 bits per heavy atom. The summed E-state index contributed by atoms with van der Waals surface area (Å²) in [6.07, 6.45) is 3.33. The Morgan fingerprint density at radius 3 is 2.40 bits per heavy atom. The minimum atomic E-state index is -3.51. The fourth-order valence-electron chi connectivity index (χ4n) is 3.51. The predicted molar refractivity (Wildman–Crippen MR) is 76.0 cm³/mol. The molecule has 0 spiro atoms. The smallest absolute Gasteiger partial charge is 0.247 e. The quantitative estimate of drug-likeness (QED) is 0.913. The minimum absolute atomic E-state index is 0.0404. The van der Waals surface area contributed by atoms with E-state index in [4.69, 9.17) is 10.5 Å². The lowest BCUT2D eigenvalue weighted by Gasteiger charge is -2.36. The predicted octanol–water partition coefficient (Wildman–Crippen LogP) is 1.34. The van der Waals surface area contributed by atoms with Crippen molar-refractivity contribution in [3.8, 4) is 5.75 Å². The monoisotopic (exact) mass is 296 g/mol. The minimum Gasteiger partial charge on any atom is -0.495 e. The highest BCUT2D eigenvalue weighted by Crippen LogP contribution is 2.40. The molecule has 6 heteroatoms. The number of rotatable bonds is 3. The van der Waals surface area contributed by atoms with Crippen molar-refractivity contribution in [3.05, 3.63) is 24.3 Å². The molecule has 1 aromatic carbocycles. The average Bonchev–Trinajstić information content (AvgIpc) is 2.72. The molecule has 0 saturated carbocycles. The van der Waals surface area contributed by atoms with E-state index in [2.05, 4.69) is 0 Å². The first-order valence-electron chi connectivity index (χ1n) is 6.96. The van der Waals surface area contributed by atoms with E-state index in [0.29, 0.717) is 5.75 Å². The molecule has 1 aromatic rings. The summed E-state index contributed by atoms with van der Waals surface area (Å²) in [5.74, 6) is 0.404. The van der Waals surface area contributed by atoms with Gasteiger partial charge in [0, 0.05) is 18.1 Å². The van der Waals surface area contributed by atoms with Gasteiger partial charge in [-0.2, -0.15) is 4.31 Å². The Kier molecular flexibility index (Phi) is 3.48. The zero-order valence-corrected chi connectivity index (χ0v) is 12.3. The van der Waals surface area contributed by atoms with Crippen LogP contribution >= 0.6 is 0 Å². The summed E-state index contributed by atoms with van der Waals surface area (Å²) < 4.78 is 32.8. The van der Waals surface area contributed by atoms with E-state index >= 15 is 0 Å². The lowest BCUT2D eigenvalue weighted by molar-refractivity contribution is 0.226. The maximum Gasteiger partial charge on any atom is 0.247 e. The first kappa shape index (κ1) is 13.9. The Hall–Kier alpha value is -1.11. The molecule has 2 bridgehead atoms. The third-order valence-corrected chi connectivity index (χ3v) is 6.37. The van der Waals surface area contributed by atoms with Crippen molar-refractivity contribution in [1.82, 2.24) is 4.31 Å². The van der Waals surface area contributed by atoms with Gasteiger partial charge in [-0.05, 0) is 37.8 Å². The number of piperidine rings is 1. The van der Waals surface area contributed by atoms with Crippen molar-refractivity contribution in [3.63, 3.8) is 0 Å². The first-order chi connectivity index (χ1) is 9.54. The van der Waals surface area contributed by atoms with Crippen LogP contribution in [0.4, 0.5) is 0 Å². The van der Waals surface area contributed by atoms with Gasteiger partial charge in [-0.15, -0.1) is 0 Å². The van der Waals surface area contributed by atoms with E-state index in [-0.39, 0.29) is 23.0 Å². The fourth-order valence-corrected chi connectivity index (χ4v) is 5.57. The molecule has 0 amide bonds. The molecule has 2 N–H and O–H groups in total. The number of methoxy groups -OCH3 is 1. The van der Waals surface area contributed by atoms with Crippen LogP contribution in [0.15, 0.2) is 29.2 Å². The van der Waals surface area contributed by atoms with Gasteiger partial charge in [0.25, 0.3) is 0 Å². The van der Waals surface area contributed by atoms with Gasteiger partial charge in [-0.3, -0.25) is 0 Å². The molecule has 110 valence electrons. The van der Waals surface area contributed by atoms with Crippen molar-refractivity contribution in [2.75, 3.05) is 7.11 Å². The number of benzene rings is 1. The Morgan fingerprint density at radius 1 is 1.20 bits per heavy atom. The van der Waals surface area contributed by atoms with Crippen LogP contribution in [-0.2, 0) is 10.0 Å². The van der Waals surface area contributed by atoms with E-state index in [1.165, 1.54) is 7.11 Å². The second-order valence-electron chi connectivity index (χ2n) is 5.60. The molecule has 2 aliphatic heterocycles. The summed E-state index contributed by atoms with van der Waals surface area (Å²) >= 11 is 0. The second kappa shape index (κ2) is 5.02. The molecule has 2 unspecified atom stereocenters. The summed E-state index contributed by atoms with van der Waals surface area (Å²) in [4.78, 5) is 0.259. The molecule has 2 heterocycles. The highest BCUT2D eigenvalue weighted by atomic mass is 32.2. The van der Waals surface area contributed by atoms with Gasteiger partial charge in [0.05, 0.1) is 7.11 Å². The van der Waals surface area contributed by atoms with E-state index in [1.807, 2.05) is 0 Å². The van der Waals surface area contributed by atoms with Crippen LogP contribution in [0.1, 0.15) is 25.7 Å². The highest BCUT2D eigenvalue weighted by molar-refractivity contribution is 7.89. The van der Waals surface area contributed by atoms with Crippen molar-refractivity contribution in [2.24, 2.45) is 5.73 Å². The highest BCUT2D eigenvalue weighted by Gasteiger charge is 2.47. The van der Waals surface area contributed by atoms with Crippen LogP contribution < -0.4 is 10.5 Å². The van der Waals surface area contributed by atoms with E-state index in [0.717, 1.165) is 25.7 Å². The largest absolute Gasteiger partial charge is 0.495 e. The molecule has 0 aliphatic carbocycles. The van der Waals surface area contributed by atoms with Crippen LogP contribution in [0.5, 0.6) is 5.75 Å². The third kappa shape index (κ3) is 2.12. The lowest BCUT2D eigenvalue weighted by atomic mass is 10.0. The van der Waals surface area contributed by atoms with Gasteiger partial charge in [0.2, 0.25) is 10.0 Å². The molecule has 2 fully saturated rings. The van der Waals surface area contributed by atoms with Crippen LogP contribution in [0.3, 0.4) is 0 Å². The topological polar surface area (TPSA) is 72.6 Å². The molecule has 20 heavy (non-hydrogen) atoms. The summed E-state index contributed by atoms with van der Waals surface area (Å²) in [7, 11) is -2.02. The number of fused-ring (bicyclic) bond motifs is 2. The fraction of sp³-hybridized carbons (Fsp3) is 0.571. The number of hydrogen-bond acceptors (Lipinski definition) is 4. The number of sulfonamides is 1. The molecule has 2 atom stereocenters. The van der Waals surface area contributed by atoms with Gasteiger partial charge in [-0.1, -0.05) is 12.1 Å². The van der Waals surface area contributed by atoms with Crippen molar-refractivity contribution >= 4 is 10.0 Å². The van der Waals surface area contributed by atoms with Crippen LogP contribution in [-0.4, -0.2) is 38.0 Å². The van der Waals surface area contributed by atoms with Gasteiger partial charge < -0.3 is 10.5 Å². The van der Waals surface area contributed by atoms with E-state index in [1.54, 1.807) is 28.6 Å². The summed E-state index contributed by atoms with van der Waals surface area (Å²) in [5.41, 5.74) is 6.01. The molecule has 0 radical (unpaired) electrons. The molecular weight excluding hydrogens is 276 g/mol. The van der Waals surface area contributed by atoms with Crippen LogP contribution in [0.2, 0.25) is 0 Å². The third-order valence-electron chi connectivity index (χ3n) is 4.33. The normalized spacial score (nSPS) is 30.4. The maximum absolute atomic E-state index is 12.9. The summed E-state index contributed by atoms with van der Waals surface area (Å²) in [5, 5.41) is 0. The average molecular weight is 296 g/mol. The Bertz CT molecular complexity index is 588. The van der Waals surface area contributed by atoms with Crippen molar-refractivity contribution in [2.45, 2.75) is 48.7 Å². The van der Waals surface area contributed by atoms with Gasteiger partial charge in [0.15, 0.2) is 0 Å².